The molecule has 3 aromatic rings. The Morgan fingerprint density at radius 1 is 1.31 bits per heavy atom. The molecule has 3 rings (SSSR count). The summed E-state index contributed by atoms with van der Waals surface area (Å²) in [5, 5.41) is 5.22. The van der Waals surface area contributed by atoms with E-state index >= 15 is 0 Å². The van der Waals surface area contributed by atoms with Gasteiger partial charge in [0.2, 0.25) is 5.91 Å². The number of nitrogens with one attached hydrogen (secondary N) is 1. The summed E-state index contributed by atoms with van der Waals surface area (Å²) in [6.07, 6.45) is 2.40. The van der Waals surface area contributed by atoms with Crippen molar-refractivity contribution in [2.45, 2.75) is 19.9 Å². The summed E-state index contributed by atoms with van der Waals surface area (Å²) in [4.78, 5) is 29.9. The van der Waals surface area contributed by atoms with Crippen LogP contribution in [0.2, 0.25) is 0 Å². The first kappa shape index (κ1) is 18.3. The van der Waals surface area contributed by atoms with Crippen LogP contribution in [0.25, 0.3) is 21.3 Å². The summed E-state index contributed by atoms with van der Waals surface area (Å²) in [7, 11) is 1.57. The van der Waals surface area contributed by atoms with Gasteiger partial charge in [0.15, 0.2) is 0 Å². The summed E-state index contributed by atoms with van der Waals surface area (Å²) in [6.45, 7) is 2.89. The fourth-order valence-electron chi connectivity index (χ4n) is 2.72. The Bertz CT molecular complexity index is 960. The number of hydrogen-bond acceptors (Lipinski definition) is 5. The molecule has 0 saturated heterocycles. The number of carbonyl (C=O) groups is 1. The first-order chi connectivity index (χ1) is 12.6. The Morgan fingerprint density at radius 2 is 2.08 bits per heavy atom. The molecule has 0 atom stereocenters. The predicted molar refractivity (Wildman–Crippen MR) is 104 cm³/mol. The normalized spacial score (nSPS) is 11.0. The number of carbonyl (C=O) groups excluding carboxylic acids is 1. The molecule has 0 fully saturated rings. The SMILES string of the molecule is CCc1ccc(-c2csc3ncn(CC(=O)NCCOC)c(=O)c23)cc1. The zero-order valence-corrected chi connectivity index (χ0v) is 15.6. The molecular weight excluding hydrogens is 350 g/mol. The van der Waals surface area contributed by atoms with Gasteiger partial charge in [0.1, 0.15) is 11.4 Å². The third-order valence-corrected chi connectivity index (χ3v) is 5.06. The van der Waals surface area contributed by atoms with Gasteiger partial charge >= 0.3 is 0 Å². The third kappa shape index (κ3) is 3.84. The maximum absolute atomic E-state index is 12.9. The van der Waals surface area contributed by atoms with Crippen molar-refractivity contribution in [1.29, 1.82) is 0 Å². The zero-order chi connectivity index (χ0) is 18.5. The molecule has 26 heavy (non-hydrogen) atoms. The second-order valence-electron chi connectivity index (χ2n) is 5.90. The first-order valence-corrected chi connectivity index (χ1v) is 9.33. The third-order valence-electron chi connectivity index (χ3n) is 4.18. The fourth-order valence-corrected chi connectivity index (χ4v) is 3.62. The van der Waals surface area contributed by atoms with Gasteiger partial charge in [-0.3, -0.25) is 14.2 Å². The molecule has 2 aromatic heterocycles. The van der Waals surface area contributed by atoms with Crippen molar-refractivity contribution in [3.05, 3.63) is 51.9 Å². The number of aromatic nitrogens is 2. The molecule has 0 aliphatic heterocycles. The Morgan fingerprint density at radius 3 is 2.77 bits per heavy atom. The van der Waals surface area contributed by atoms with Gasteiger partial charge < -0.3 is 10.1 Å². The van der Waals surface area contributed by atoms with Crippen molar-refractivity contribution < 1.29 is 9.53 Å². The average Bonchev–Trinajstić information content (AvgIpc) is 3.09. The van der Waals surface area contributed by atoms with Gasteiger partial charge in [-0.05, 0) is 17.5 Å². The lowest BCUT2D eigenvalue weighted by molar-refractivity contribution is -0.121. The highest BCUT2D eigenvalue weighted by Gasteiger charge is 2.14. The van der Waals surface area contributed by atoms with E-state index in [0.717, 1.165) is 17.5 Å². The molecule has 0 aliphatic carbocycles. The van der Waals surface area contributed by atoms with Crippen LogP contribution in [0.5, 0.6) is 0 Å². The Kier molecular flexibility index (Phi) is 5.80. The Labute approximate surface area is 155 Å². The summed E-state index contributed by atoms with van der Waals surface area (Å²) in [5.74, 6) is -0.241. The van der Waals surface area contributed by atoms with Crippen molar-refractivity contribution >= 4 is 27.5 Å². The van der Waals surface area contributed by atoms with E-state index in [1.807, 2.05) is 17.5 Å². The summed E-state index contributed by atoms with van der Waals surface area (Å²) >= 11 is 1.44. The van der Waals surface area contributed by atoms with Gasteiger partial charge in [0, 0.05) is 24.6 Å². The highest BCUT2D eigenvalue weighted by molar-refractivity contribution is 7.17. The summed E-state index contributed by atoms with van der Waals surface area (Å²) in [6, 6.07) is 8.18. The van der Waals surface area contributed by atoms with E-state index in [4.69, 9.17) is 4.74 Å². The minimum absolute atomic E-state index is 0.0600. The molecule has 1 N–H and O–H groups in total. The Hall–Kier alpha value is -2.51. The van der Waals surface area contributed by atoms with Crippen molar-refractivity contribution in [3.63, 3.8) is 0 Å². The van der Waals surface area contributed by atoms with Crippen LogP contribution in [-0.2, 0) is 22.5 Å². The average molecular weight is 371 g/mol. The minimum Gasteiger partial charge on any atom is -0.383 e. The van der Waals surface area contributed by atoms with Gasteiger partial charge in [0.25, 0.3) is 5.56 Å². The highest BCUT2D eigenvalue weighted by atomic mass is 32.1. The molecule has 0 unspecified atom stereocenters. The molecule has 1 amide bonds. The number of methoxy groups -OCH3 is 1. The van der Waals surface area contributed by atoms with E-state index in [9.17, 15) is 9.59 Å². The molecule has 0 aliphatic rings. The maximum Gasteiger partial charge on any atom is 0.263 e. The number of amides is 1. The first-order valence-electron chi connectivity index (χ1n) is 8.45. The molecule has 1 aromatic carbocycles. The van der Waals surface area contributed by atoms with Crippen LogP contribution >= 0.6 is 11.3 Å². The van der Waals surface area contributed by atoms with Gasteiger partial charge in [-0.1, -0.05) is 31.2 Å². The quantitative estimate of drug-likeness (QED) is 0.648. The maximum atomic E-state index is 12.9. The smallest absolute Gasteiger partial charge is 0.263 e. The molecule has 136 valence electrons. The number of rotatable bonds is 7. The van der Waals surface area contributed by atoms with Crippen molar-refractivity contribution in [2.24, 2.45) is 0 Å². The number of ether oxygens (including phenoxy) is 1. The van der Waals surface area contributed by atoms with Gasteiger partial charge in [-0.15, -0.1) is 11.3 Å². The summed E-state index contributed by atoms with van der Waals surface area (Å²) < 4.78 is 6.25. The second-order valence-corrected chi connectivity index (χ2v) is 6.76. The van der Waals surface area contributed by atoms with E-state index in [1.165, 1.54) is 27.8 Å². The van der Waals surface area contributed by atoms with Crippen LogP contribution in [0.15, 0.2) is 40.8 Å². The Balaban J connectivity index is 1.92. The van der Waals surface area contributed by atoms with E-state index in [2.05, 4.69) is 29.4 Å². The van der Waals surface area contributed by atoms with Crippen molar-refractivity contribution in [3.8, 4) is 11.1 Å². The lowest BCUT2D eigenvalue weighted by atomic mass is 10.0. The molecule has 0 radical (unpaired) electrons. The van der Waals surface area contributed by atoms with Gasteiger partial charge in [-0.25, -0.2) is 4.98 Å². The number of nitrogens with zero attached hydrogens (tertiary/aromatic N) is 2. The highest BCUT2D eigenvalue weighted by Crippen LogP contribution is 2.30. The number of fused-ring (bicyclic) bond motifs is 1. The zero-order valence-electron chi connectivity index (χ0n) is 14.8. The summed E-state index contributed by atoms with van der Waals surface area (Å²) in [5.41, 5.74) is 2.89. The predicted octanol–water partition coefficient (Wildman–Crippen LogP) is 2.45. The lowest BCUT2D eigenvalue weighted by Crippen LogP contribution is -2.34. The second kappa shape index (κ2) is 8.25. The van der Waals surface area contributed by atoms with Crippen LogP contribution in [0.1, 0.15) is 12.5 Å². The largest absolute Gasteiger partial charge is 0.383 e. The topological polar surface area (TPSA) is 73.2 Å². The molecule has 0 bridgehead atoms. The van der Waals surface area contributed by atoms with Gasteiger partial charge in [0.05, 0.1) is 18.3 Å². The standard InChI is InChI=1S/C19H21N3O3S/c1-3-13-4-6-14(7-5-13)15-11-26-18-17(15)19(24)22(12-21-18)10-16(23)20-8-9-25-2/h4-7,11-12H,3,8-10H2,1-2H3,(H,20,23). The molecule has 7 heteroatoms. The van der Waals surface area contributed by atoms with Crippen molar-refractivity contribution in [2.75, 3.05) is 20.3 Å². The van der Waals surface area contributed by atoms with Gasteiger partial charge in [-0.2, -0.15) is 0 Å². The van der Waals surface area contributed by atoms with E-state index in [-0.39, 0.29) is 18.0 Å². The molecule has 0 saturated carbocycles. The minimum atomic E-state index is -0.241. The lowest BCUT2D eigenvalue weighted by Gasteiger charge is -2.07. The molecule has 2 heterocycles. The van der Waals surface area contributed by atoms with Crippen molar-refractivity contribution in [1.82, 2.24) is 14.9 Å². The van der Waals surface area contributed by atoms with E-state index in [0.29, 0.717) is 23.4 Å². The fraction of sp³-hybridized carbons (Fsp3) is 0.316. The van der Waals surface area contributed by atoms with Crippen LogP contribution in [-0.4, -0.2) is 35.7 Å². The van der Waals surface area contributed by atoms with E-state index in [1.54, 1.807) is 7.11 Å². The number of hydrogen-bond donors (Lipinski definition) is 1. The number of benzene rings is 1. The molecule has 6 nitrogen and oxygen atoms in total. The molecule has 0 spiro atoms. The van der Waals surface area contributed by atoms with Crippen LogP contribution in [0.4, 0.5) is 0 Å². The number of thiophene rings is 1. The monoisotopic (exact) mass is 371 g/mol. The van der Waals surface area contributed by atoms with Crippen LogP contribution in [0.3, 0.4) is 0 Å². The molecular formula is C19H21N3O3S. The number of aryl methyl sites for hydroxylation is 1. The van der Waals surface area contributed by atoms with Crippen LogP contribution in [0, 0.1) is 0 Å². The van der Waals surface area contributed by atoms with Crippen LogP contribution < -0.4 is 10.9 Å². The van der Waals surface area contributed by atoms with E-state index < -0.39 is 0 Å².